The number of para-hydroxylation sites is 3. The first-order valence-corrected chi connectivity index (χ1v) is 20.2. The molecule has 0 atom stereocenters. The number of aromatic nitrogens is 2. The minimum Gasteiger partial charge on any atom is -0.454 e. The Morgan fingerprint density at radius 1 is 0.414 bits per heavy atom. The lowest BCUT2D eigenvalue weighted by Gasteiger charge is -2.22. The van der Waals surface area contributed by atoms with Crippen molar-refractivity contribution in [2.75, 3.05) is 0 Å². The molecule has 0 aliphatic heterocycles. The topological polar surface area (TPSA) is 23.0 Å². The molecule has 13 rings (SSSR count). The molecule has 3 nitrogen and oxygen atoms in total. The van der Waals surface area contributed by atoms with Gasteiger partial charge in [0.15, 0.2) is 5.58 Å². The van der Waals surface area contributed by atoms with Crippen LogP contribution in [0.5, 0.6) is 0 Å². The Kier molecular flexibility index (Phi) is 6.23. The van der Waals surface area contributed by atoms with Gasteiger partial charge >= 0.3 is 0 Å². The van der Waals surface area contributed by atoms with E-state index in [1.807, 2.05) is 0 Å². The van der Waals surface area contributed by atoms with Crippen LogP contribution < -0.4 is 0 Å². The Balaban J connectivity index is 1.12. The van der Waals surface area contributed by atoms with E-state index in [0.717, 1.165) is 44.3 Å². The molecule has 0 N–H and O–H groups in total. The minimum atomic E-state index is -0.123. The molecule has 3 heterocycles. The van der Waals surface area contributed by atoms with Crippen LogP contribution in [0.25, 0.3) is 110 Å². The first-order chi connectivity index (χ1) is 28.5. The summed E-state index contributed by atoms with van der Waals surface area (Å²) in [5, 5.41) is 9.59. The summed E-state index contributed by atoms with van der Waals surface area (Å²) < 4.78 is 11.8. The molecule has 3 aromatic heterocycles. The zero-order valence-corrected chi connectivity index (χ0v) is 32.1. The molecule has 0 amide bonds. The van der Waals surface area contributed by atoms with E-state index >= 15 is 0 Å². The summed E-state index contributed by atoms with van der Waals surface area (Å²) in [7, 11) is 0. The molecular weight excluding hydrogens is 705 g/mol. The number of nitrogens with zero attached hydrogens (tertiary/aromatic N) is 2. The zero-order valence-electron chi connectivity index (χ0n) is 32.1. The van der Waals surface area contributed by atoms with Crippen molar-refractivity contribution >= 4 is 76.3 Å². The van der Waals surface area contributed by atoms with E-state index in [2.05, 4.69) is 205 Å². The number of rotatable bonds is 3. The van der Waals surface area contributed by atoms with Crippen molar-refractivity contribution in [3.63, 3.8) is 0 Å². The van der Waals surface area contributed by atoms with Crippen LogP contribution in [0.3, 0.4) is 0 Å². The van der Waals surface area contributed by atoms with Crippen LogP contribution in [0.15, 0.2) is 186 Å². The molecule has 58 heavy (non-hydrogen) atoms. The van der Waals surface area contributed by atoms with E-state index in [1.54, 1.807) is 0 Å². The normalized spacial score (nSPS) is 13.5. The number of furan rings is 1. The maximum absolute atomic E-state index is 6.92. The molecule has 3 heteroatoms. The lowest BCUT2D eigenvalue weighted by atomic mass is 9.82. The molecule has 0 spiro atoms. The number of benzene rings is 9. The fourth-order valence-electron chi connectivity index (χ4n) is 10.4. The van der Waals surface area contributed by atoms with Crippen molar-refractivity contribution in [2.45, 2.75) is 19.3 Å². The lowest BCUT2D eigenvalue weighted by molar-refractivity contribution is 0.660. The van der Waals surface area contributed by atoms with Gasteiger partial charge in [0.2, 0.25) is 0 Å². The molecular formula is C55H36N2O. The highest BCUT2D eigenvalue weighted by Gasteiger charge is 2.35. The summed E-state index contributed by atoms with van der Waals surface area (Å²) in [5.41, 5.74) is 16.4. The van der Waals surface area contributed by atoms with E-state index in [0.29, 0.717) is 0 Å². The van der Waals surface area contributed by atoms with Crippen molar-refractivity contribution < 1.29 is 4.42 Å². The average Bonchev–Trinajstić information content (AvgIpc) is 3.98. The van der Waals surface area contributed by atoms with E-state index in [4.69, 9.17) is 4.42 Å². The van der Waals surface area contributed by atoms with Gasteiger partial charge in [-0.25, -0.2) is 0 Å². The average molecular weight is 741 g/mol. The molecule has 1 aliphatic rings. The van der Waals surface area contributed by atoms with Crippen molar-refractivity contribution in [3.8, 4) is 33.6 Å². The third kappa shape index (κ3) is 4.17. The first-order valence-electron chi connectivity index (χ1n) is 20.2. The fourth-order valence-corrected chi connectivity index (χ4v) is 10.4. The van der Waals surface area contributed by atoms with Gasteiger partial charge in [-0.2, -0.15) is 0 Å². The number of hydrogen-bond acceptors (Lipinski definition) is 1. The number of hydrogen-bond donors (Lipinski definition) is 0. The maximum atomic E-state index is 6.92. The highest BCUT2D eigenvalue weighted by molar-refractivity contribution is 6.27. The summed E-state index contributed by atoms with van der Waals surface area (Å²) >= 11 is 0. The Morgan fingerprint density at radius 3 is 1.95 bits per heavy atom. The second kappa shape index (κ2) is 11.4. The molecule has 0 saturated carbocycles. The Labute approximate surface area is 334 Å². The maximum Gasteiger partial charge on any atom is 0.160 e. The summed E-state index contributed by atoms with van der Waals surface area (Å²) in [6, 6.07) is 66.9. The third-order valence-corrected chi connectivity index (χ3v) is 13.1. The highest BCUT2D eigenvalue weighted by atomic mass is 16.3. The Hall–Kier alpha value is -7.36. The number of fused-ring (bicyclic) bond motifs is 14. The smallest absolute Gasteiger partial charge is 0.160 e. The second-order valence-electron chi connectivity index (χ2n) is 16.5. The molecule has 272 valence electrons. The van der Waals surface area contributed by atoms with Gasteiger partial charge in [0.1, 0.15) is 5.58 Å². The Morgan fingerprint density at radius 2 is 1.07 bits per heavy atom. The van der Waals surface area contributed by atoms with Gasteiger partial charge < -0.3 is 13.6 Å². The summed E-state index contributed by atoms with van der Waals surface area (Å²) in [5.74, 6) is 0. The van der Waals surface area contributed by atoms with Crippen LogP contribution >= 0.6 is 0 Å². The van der Waals surface area contributed by atoms with Crippen molar-refractivity contribution in [1.29, 1.82) is 0 Å². The van der Waals surface area contributed by atoms with Crippen LogP contribution in [0, 0.1) is 0 Å². The van der Waals surface area contributed by atoms with Gasteiger partial charge in [0.05, 0.1) is 22.1 Å². The van der Waals surface area contributed by atoms with Crippen LogP contribution in [0.1, 0.15) is 25.0 Å². The quantitative estimate of drug-likeness (QED) is 0.177. The first kappa shape index (κ1) is 31.8. The van der Waals surface area contributed by atoms with Gasteiger partial charge in [0, 0.05) is 49.1 Å². The van der Waals surface area contributed by atoms with Crippen LogP contribution in [-0.2, 0) is 5.41 Å². The summed E-state index contributed by atoms with van der Waals surface area (Å²) in [6.07, 6.45) is 0. The van der Waals surface area contributed by atoms with Crippen molar-refractivity contribution in [3.05, 3.63) is 193 Å². The molecule has 0 radical (unpaired) electrons. The monoisotopic (exact) mass is 740 g/mol. The van der Waals surface area contributed by atoms with Crippen LogP contribution in [0.4, 0.5) is 0 Å². The second-order valence-corrected chi connectivity index (χ2v) is 16.5. The van der Waals surface area contributed by atoms with Gasteiger partial charge in [-0.05, 0) is 105 Å². The van der Waals surface area contributed by atoms with Crippen molar-refractivity contribution in [2.24, 2.45) is 0 Å². The van der Waals surface area contributed by atoms with Gasteiger partial charge in [-0.15, -0.1) is 0 Å². The van der Waals surface area contributed by atoms with Crippen LogP contribution in [0.2, 0.25) is 0 Å². The van der Waals surface area contributed by atoms with Gasteiger partial charge in [-0.3, -0.25) is 0 Å². The van der Waals surface area contributed by atoms with Gasteiger partial charge in [-0.1, -0.05) is 135 Å². The van der Waals surface area contributed by atoms with Crippen molar-refractivity contribution in [1.82, 2.24) is 9.13 Å². The van der Waals surface area contributed by atoms with Crippen LogP contribution in [-0.4, -0.2) is 9.13 Å². The predicted molar refractivity (Wildman–Crippen MR) is 243 cm³/mol. The molecule has 9 aromatic carbocycles. The fraction of sp³-hybridized carbons (Fsp3) is 0.0545. The van der Waals surface area contributed by atoms with E-state index in [9.17, 15) is 0 Å². The molecule has 0 unspecified atom stereocenters. The van der Waals surface area contributed by atoms with E-state index < -0.39 is 0 Å². The molecule has 0 saturated heterocycles. The molecule has 12 aromatic rings. The van der Waals surface area contributed by atoms with E-state index in [-0.39, 0.29) is 5.41 Å². The summed E-state index contributed by atoms with van der Waals surface area (Å²) in [4.78, 5) is 0. The lowest BCUT2D eigenvalue weighted by Crippen LogP contribution is -2.15. The zero-order chi connectivity index (χ0) is 38.3. The molecule has 0 bridgehead atoms. The summed E-state index contributed by atoms with van der Waals surface area (Å²) in [6.45, 7) is 4.71. The standard InChI is InChI=1S/C55H36N2O/c1-55(2)46-19-9-5-15-38(46)39-27-26-37(31-47(39)55)57-49-21-11-7-18-42(49)52-43(32-45-41-17-8-12-22-51(41)58-54(45)53(52)57)35-24-28-50-44(30-35)40-16-6-10-20-48(40)56(50)36-25-23-33-13-3-4-14-34(33)29-36/h3-32H,1-2H3. The SMILES string of the molecule is CC1(C)c2ccccc2-c2ccc(-n3c4ccccc4c4c(-c5ccc6c(c5)c5ccccc5n6-c5ccc6ccccc6c5)cc5c6ccccc6oc5c43)cc21. The predicted octanol–water partition coefficient (Wildman–Crippen LogP) is 14.9. The minimum absolute atomic E-state index is 0.123. The molecule has 1 aliphatic carbocycles. The van der Waals surface area contributed by atoms with Gasteiger partial charge in [0.25, 0.3) is 0 Å². The molecule has 0 fully saturated rings. The van der Waals surface area contributed by atoms with E-state index in [1.165, 1.54) is 76.7 Å². The Bertz CT molecular complexity index is 3720. The largest absolute Gasteiger partial charge is 0.454 e. The third-order valence-electron chi connectivity index (χ3n) is 13.1. The highest BCUT2D eigenvalue weighted by Crippen LogP contribution is 2.51.